The molecule has 0 saturated carbocycles. The summed E-state index contributed by atoms with van der Waals surface area (Å²) in [6.07, 6.45) is 1.36. The molecule has 1 unspecified atom stereocenters. The molecule has 5 nitrogen and oxygen atoms in total. The first kappa shape index (κ1) is 25.0. The van der Waals surface area contributed by atoms with Gasteiger partial charge in [0.1, 0.15) is 0 Å². The molecule has 8 heteroatoms. The minimum absolute atomic E-state index is 0.202. The number of halogens is 1. The molecule has 0 saturated heterocycles. The molecule has 1 aliphatic rings. The number of nitrogens with zero attached hydrogens (tertiary/aromatic N) is 2. The van der Waals surface area contributed by atoms with Crippen LogP contribution in [0.2, 0.25) is 5.02 Å². The van der Waals surface area contributed by atoms with Gasteiger partial charge in [-0.25, -0.2) is 8.42 Å². The van der Waals surface area contributed by atoms with Crippen LogP contribution < -0.4 is 0 Å². The van der Waals surface area contributed by atoms with E-state index < -0.39 is 10.0 Å². The number of hydrogen-bond donors (Lipinski definition) is 0. The number of thiophene rings is 1. The molecule has 1 amide bonds. The van der Waals surface area contributed by atoms with Crippen molar-refractivity contribution in [1.29, 1.82) is 0 Å². The highest BCUT2D eigenvalue weighted by Crippen LogP contribution is 2.38. The Labute approximate surface area is 221 Å². The number of sulfonamides is 1. The average molecular weight is 539 g/mol. The first-order chi connectivity index (χ1) is 17.4. The zero-order valence-corrected chi connectivity index (χ0v) is 22.3. The average Bonchev–Trinajstić information content (AvgIpc) is 3.37. The van der Waals surface area contributed by atoms with Crippen LogP contribution >= 0.6 is 22.9 Å². The van der Waals surface area contributed by atoms with Gasteiger partial charge in [0.2, 0.25) is 15.9 Å². The Bertz CT molecular complexity index is 1500. The van der Waals surface area contributed by atoms with Crippen molar-refractivity contribution in [1.82, 2.24) is 9.21 Å². The zero-order valence-electron chi connectivity index (χ0n) is 19.9. The van der Waals surface area contributed by atoms with Crippen molar-refractivity contribution in [2.24, 2.45) is 0 Å². The Kier molecular flexibility index (Phi) is 7.17. The second-order valence-electron chi connectivity index (χ2n) is 8.94. The van der Waals surface area contributed by atoms with E-state index in [2.05, 4.69) is 11.4 Å². The van der Waals surface area contributed by atoms with Crippen LogP contribution in [0.4, 0.5) is 0 Å². The van der Waals surface area contributed by atoms with E-state index >= 15 is 0 Å². The Balaban J connectivity index is 1.46. The van der Waals surface area contributed by atoms with Crippen molar-refractivity contribution in [2.75, 3.05) is 19.6 Å². The number of amides is 1. The van der Waals surface area contributed by atoms with Crippen molar-refractivity contribution in [3.05, 3.63) is 99.2 Å². The first-order valence-electron chi connectivity index (χ1n) is 12.0. The van der Waals surface area contributed by atoms with Gasteiger partial charge in [-0.3, -0.25) is 4.79 Å². The minimum Gasteiger partial charge on any atom is -0.330 e. The van der Waals surface area contributed by atoms with E-state index in [-0.39, 0.29) is 29.9 Å². The molecule has 0 N–H and O–H groups in total. The zero-order chi connectivity index (χ0) is 25.3. The maximum Gasteiger partial charge on any atom is 0.243 e. The molecule has 1 aromatic heterocycles. The molecular formula is C28H27ClN2O3S2. The summed E-state index contributed by atoms with van der Waals surface area (Å²) in [6.45, 7) is 2.52. The van der Waals surface area contributed by atoms with E-state index in [1.165, 1.54) is 9.18 Å². The molecule has 1 atom stereocenters. The third kappa shape index (κ3) is 4.81. The summed E-state index contributed by atoms with van der Waals surface area (Å²) in [4.78, 5) is 17.0. The van der Waals surface area contributed by atoms with E-state index in [9.17, 15) is 13.2 Å². The van der Waals surface area contributed by atoms with Gasteiger partial charge < -0.3 is 4.90 Å². The molecule has 0 radical (unpaired) electrons. The molecule has 0 spiro atoms. The molecule has 0 aliphatic carbocycles. The van der Waals surface area contributed by atoms with Gasteiger partial charge in [-0.05, 0) is 70.5 Å². The Hall–Kier alpha value is -2.71. The summed E-state index contributed by atoms with van der Waals surface area (Å²) >= 11 is 7.82. The SMILES string of the molecule is CCCN(CC(=O)N1CCc2sccc2C1c1ccc(Cl)cc1)S(=O)(=O)c1ccc2ccccc2c1. The van der Waals surface area contributed by atoms with Crippen LogP contribution in [0.5, 0.6) is 0 Å². The lowest BCUT2D eigenvalue weighted by atomic mass is 9.93. The van der Waals surface area contributed by atoms with Gasteiger partial charge >= 0.3 is 0 Å². The standard InChI is InChI=1S/C28H27ClN2O3S2/c1-2-15-30(36(33,34)24-12-9-20-5-3-4-6-22(20)18-24)19-27(32)31-16-13-26-25(14-17-35-26)28(31)21-7-10-23(29)11-8-21/h3-12,14,17-18,28H,2,13,15-16,19H2,1H3. The van der Waals surface area contributed by atoms with Crippen LogP contribution in [-0.2, 0) is 21.2 Å². The monoisotopic (exact) mass is 538 g/mol. The number of fused-ring (bicyclic) bond motifs is 2. The van der Waals surface area contributed by atoms with Crippen LogP contribution in [0.25, 0.3) is 10.8 Å². The van der Waals surface area contributed by atoms with Crippen molar-refractivity contribution < 1.29 is 13.2 Å². The van der Waals surface area contributed by atoms with E-state index in [1.54, 1.807) is 23.5 Å². The largest absolute Gasteiger partial charge is 0.330 e. The first-order valence-corrected chi connectivity index (χ1v) is 14.7. The number of rotatable bonds is 7. The summed E-state index contributed by atoms with van der Waals surface area (Å²) in [5.74, 6) is -0.204. The smallest absolute Gasteiger partial charge is 0.243 e. The lowest BCUT2D eigenvalue weighted by Gasteiger charge is -2.37. The number of carbonyl (C=O) groups is 1. The molecular weight excluding hydrogens is 512 g/mol. The quantitative estimate of drug-likeness (QED) is 0.284. The lowest BCUT2D eigenvalue weighted by molar-refractivity contribution is -0.133. The molecule has 186 valence electrons. The summed E-state index contributed by atoms with van der Waals surface area (Å²) < 4.78 is 28.7. The molecule has 2 heterocycles. The molecule has 3 aromatic carbocycles. The van der Waals surface area contributed by atoms with Gasteiger partial charge in [-0.2, -0.15) is 4.31 Å². The molecule has 36 heavy (non-hydrogen) atoms. The van der Waals surface area contributed by atoms with E-state index in [0.29, 0.717) is 18.0 Å². The highest BCUT2D eigenvalue weighted by molar-refractivity contribution is 7.89. The molecule has 0 fully saturated rings. The maximum absolute atomic E-state index is 13.8. The molecule has 5 rings (SSSR count). The highest BCUT2D eigenvalue weighted by Gasteiger charge is 2.35. The van der Waals surface area contributed by atoms with Crippen LogP contribution in [0, 0.1) is 0 Å². The normalized spacial score (nSPS) is 15.9. The number of hydrogen-bond acceptors (Lipinski definition) is 4. The van der Waals surface area contributed by atoms with Crippen LogP contribution in [0.3, 0.4) is 0 Å². The Morgan fingerprint density at radius 3 is 2.56 bits per heavy atom. The summed E-state index contributed by atoms with van der Waals surface area (Å²) in [7, 11) is -3.86. The van der Waals surface area contributed by atoms with Gasteiger partial charge in [0.15, 0.2) is 0 Å². The topological polar surface area (TPSA) is 57.7 Å². The van der Waals surface area contributed by atoms with Crippen molar-refractivity contribution in [3.63, 3.8) is 0 Å². The van der Waals surface area contributed by atoms with Crippen molar-refractivity contribution in [3.8, 4) is 0 Å². The molecule has 0 bridgehead atoms. The van der Waals surface area contributed by atoms with E-state index in [4.69, 9.17) is 11.6 Å². The molecule has 4 aromatic rings. The van der Waals surface area contributed by atoms with Crippen molar-refractivity contribution >= 4 is 49.6 Å². The third-order valence-electron chi connectivity index (χ3n) is 6.62. The third-order valence-corrected chi connectivity index (χ3v) is 9.70. The second kappa shape index (κ2) is 10.3. The Morgan fingerprint density at radius 2 is 1.81 bits per heavy atom. The maximum atomic E-state index is 13.8. The van der Waals surface area contributed by atoms with Gasteiger partial charge in [0.25, 0.3) is 0 Å². The fourth-order valence-electron chi connectivity index (χ4n) is 4.84. The fraction of sp³-hybridized carbons (Fsp3) is 0.250. The number of carbonyl (C=O) groups excluding carboxylic acids is 1. The van der Waals surface area contributed by atoms with E-state index in [1.807, 2.05) is 66.4 Å². The van der Waals surface area contributed by atoms with Crippen LogP contribution in [0.15, 0.2) is 83.1 Å². The minimum atomic E-state index is -3.86. The van der Waals surface area contributed by atoms with Gasteiger partial charge in [0.05, 0.1) is 17.5 Å². The van der Waals surface area contributed by atoms with Gasteiger partial charge in [0, 0.05) is 23.0 Å². The van der Waals surface area contributed by atoms with Crippen LogP contribution in [-0.4, -0.2) is 43.2 Å². The van der Waals surface area contributed by atoms with Crippen LogP contribution in [0.1, 0.15) is 35.4 Å². The predicted molar refractivity (Wildman–Crippen MR) is 146 cm³/mol. The highest BCUT2D eigenvalue weighted by atomic mass is 35.5. The number of benzene rings is 3. The Morgan fingerprint density at radius 1 is 1.06 bits per heavy atom. The summed E-state index contributed by atoms with van der Waals surface area (Å²) in [5.41, 5.74) is 2.06. The van der Waals surface area contributed by atoms with Gasteiger partial charge in [-0.15, -0.1) is 11.3 Å². The van der Waals surface area contributed by atoms with E-state index in [0.717, 1.165) is 28.3 Å². The van der Waals surface area contributed by atoms with Crippen molar-refractivity contribution in [2.45, 2.75) is 30.7 Å². The molecule has 1 aliphatic heterocycles. The summed E-state index contributed by atoms with van der Waals surface area (Å²) in [6, 6.07) is 22.1. The second-order valence-corrected chi connectivity index (χ2v) is 12.3. The van der Waals surface area contributed by atoms with Gasteiger partial charge in [-0.1, -0.05) is 61.0 Å². The predicted octanol–water partition coefficient (Wildman–Crippen LogP) is 6.13. The summed E-state index contributed by atoms with van der Waals surface area (Å²) in [5, 5.41) is 4.51. The fourth-order valence-corrected chi connectivity index (χ4v) is 7.39. The lowest BCUT2D eigenvalue weighted by Crippen LogP contribution is -2.46.